The van der Waals surface area contributed by atoms with Gasteiger partial charge in [0.15, 0.2) is 0 Å². The van der Waals surface area contributed by atoms with Gasteiger partial charge in [0, 0.05) is 24.0 Å². The first-order valence-electron chi connectivity index (χ1n) is 7.89. The van der Waals surface area contributed by atoms with Crippen LogP contribution in [0.25, 0.3) is 0 Å². The second kappa shape index (κ2) is 7.85. The maximum atomic E-state index is 12.5. The van der Waals surface area contributed by atoms with E-state index in [1.807, 2.05) is 18.7 Å². The molecule has 1 aliphatic rings. The van der Waals surface area contributed by atoms with Gasteiger partial charge in [-0.1, -0.05) is 25.0 Å². The topological polar surface area (TPSA) is 46.3 Å². The molecule has 21 heavy (non-hydrogen) atoms. The van der Waals surface area contributed by atoms with Crippen molar-refractivity contribution in [2.24, 2.45) is 5.73 Å². The van der Waals surface area contributed by atoms with Gasteiger partial charge >= 0.3 is 0 Å². The van der Waals surface area contributed by atoms with Crippen LogP contribution in [0.5, 0.6) is 0 Å². The molecule has 2 atom stereocenters. The van der Waals surface area contributed by atoms with E-state index in [0.717, 1.165) is 36.4 Å². The Bertz CT molecular complexity index is 450. The van der Waals surface area contributed by atoms with Gasteiger partial charge in [0.05, 0.1) is 5.25 Å². The number of likely N-dealkylation sites (tertiary alicyclic amines) is 1. The Kier molecular flexibility index (Phi) is 6.12. The van der Waals surface area contributed by atoms with Crippen LogP contribution in [0.2, 0.25) is 0 Å². The predicted molar refractivity (Wildman–Crippen MR) is 89.4 cm³/mol. The van der Waals surface area contributed by atoms with Gasteiger partial charge in [0.2, 0.25) is 5.91 Å². The third-order valence-electron chi connectivity index (χ3n) is 3.98. The highest BCUT2D eigenvalue weighted by molar-refractivity contribution is 8.00. The zero-order valence-corrected chi connectivity index (χ0v) is 13.9. The van der Waals surface area contributed by atoms with Crippen LogP contribution in [0.4, 0.5) is 0 Å². The van der Waals surface area contributed by atoms with Crippen molar-refractivity contribution in [2.75, 3.05) is 13.1 Å². The van der Waals surface area contributed by atoms with Crippen molar-refractivity contribution in [3.05, 3.63) is 29.8 Å². The van der Waals surface area contributed by atoms with Crippen LogP contribution in [0.3, 0.4) is 0 Å². The van der Waals surface area contributed by atoms with Crippen molar-refractivity contribution in [2.45, 2.75) is 55.7 Å². The number of nitrogens with zero attached hydrogens (tertiary/aromatic N) is 1. The van der Waals surface area contributed by atoms with Crippen LogP contribution in [-0.4, -0.2) is 29.1 Å². The molecule has 1 aromatic carbocycles. The van der Waals surface area contributed by atoms with Gasteiger partial charge in [-0.3, -0.25) is 4.79 Å². The van der Waals surface area contributed by atoms with E-state index in [9.17, 15) is 4.79 Å². The lowest BCUT2D eigenvalue weighted by Crippen LogP contribution is -2.37. The quantitative estimate of drug-likeness (QED) is 0.865. The maximum Gasteiger partial charge on any atom is 0.235 e. The highest BCUT2D eigenvalue weighted by atomic mass is 32.2. The lowest BCUT2D eigenvalue weighted by Gasteiger charge is -2.23. The third kappa shape index (κ3) is 4.75. The van der Waals surface area contributed by atoms with Gasteiger partial charge in [-0.25, -0.2) is 0 Å². The third-order valence-corrected chi connectivity index (χ3v) is 5.08. The lowest BCUT2D eigenvalue weighted by molar-refractivity contribution is -0.130. The van der Waals surface area contributed by atoms with Gasteiger partial charge in [-0.05, 0) is 44.4 Å². The predicted octanol–water partition coefficient (Wildman–Crippen LogP) is 3.59. The summed E-state index contributed by atoms with van der Waals surface area (Å²) in [6, 6.07) is 8.29. The van der Waals surface area contributed by atoms with E-state index < -0.39 is 0 Å². The summed E-state index contributed by atoms with van der Waals surface area (Å²) in [6.45, 7) is 5.84. The summed E-state index contributed by atoms with van der Waals surface area (Å²) in [5.41, 5.74) is 6.99. The second-order valence-corrected chi connectivity index (χ2v) is 7.27. The Morgan fingerprint density at radius 1 is 1.10 bits per heavy atom. The summed E-state index contributed by atoms with van der Waals surface area (Å²) in [5, 5.41) is -0.0238. The zero-order valence-electron chi connectivity index (χ0n) is 13.0. The largest absolute Gasteiger partial charge is 0.342 e. The number of hydrogen-bond donors (Lipinski definition) is 1. The Morgan fingerprint density at radius 2 is 1.67 bits per heavy atom. The fourth-order valence-electron chi connectivity index (χ4n) is 2.65. The molecular weight excluding hydrogens is 280 g/mol. The van der Waals surface area contributed by atoms with E-state index in [4.69, 9.17) is 5.73 Å². The number of carbonyl (C=O) groups excluding carboxylic acids is 1. The Labute approximate surface area is 132 Å². The van der Waals surface area contributed by atoms with Gasteiger partial charge in [-0.2, -0.15) is 0 Å². The Morgan fingerprint density at radius 3 is 2.19 bits per heavy atom. The first-order chi connectivity index (χ1) is 10.1. The molecule has 2 rings (SSSR count). The Balaban J connectivity index is 1.93. The molecule has 3 nitrogen and oxygen atoms in total. The minimum atomic E-state index is -0.0238. The van der Waals surface area contributed by atoms with Crippen molar-refractivity contribution >= 4 is 17.7 Å². The van der Waals surface area contributed by atoms with E-state index in [0.29, 0.717) is 0 Å². The zero-order chi connectivity index (χ0) is 15.2. The molecule has 2 N–H and O–H groups in total. The van der Waals surface area contributed by atoms with Crippen LogP contribution < -0.4 is 5.73 Å². The normalized spacial score (nSPS) is 18.9. The molecular formula is C17H26N2OS. The van der Waals surface area contributed by atoms with E-state index in [2.05, 4.69) is 24.3 Å². The van der Waals surface area contributed by atoms with E-state index in [1.54, 1.807) is 11.8 Å². The second-order valence-electron chi connectivity index (χ2n) is 5.86. The van der Waals surface area contributed by atoms with Crippen molar-refractivity contribution in [1.82, 2.24) is 4.90 Å². The SMILES string of the molecule is CC(Sc1ccc(C(C)N)cc1)C(=O)N1CCCCCC1. The number of rotatable bonds is 4. The highest BCUT2D eigenvalue weighted by Gasteiger charge is 2.22. The first kappa shape index (κ1) is 16.4. The summed E-state index contributed by atoms with van der Waals surface area (Å²) < 4.78 is 0. The highest BCUT2D eigenvalue weighted by Crippen LogP contribution is 2.26. The number of hydrogen-bond acceptors (Lipinski definition) is 3. The molecule has 1 saturated heterocycles. The van der Waals surface area contributed by atoms with Crippen molar-refractivity contribution in [1.29, 1.82) is 0 Å². The summed E-state index contributed by atoms with van der Waals surface area (Å²) in [7, 11) is 0. The number of nitrogens with two attached hydrogens (primary N) is 1. The van der Waals surface area contributed by atoms with Crippen LogP contribution in [0.15, 0.2) is 29.2 Å². The summed E-state index contributed by atoms with van der Waals surface area (Å²) in [5.74, 6) is 0.276. The van der Waals surface area contributed by atoms with Crippen LogP contribution >= 0.6 is 11.8 Å². The van der Waals surface area contributed by atoms with E-state index in [-0.39, 0.29) is 17.2 Å². The molecule has 1 aromatic rings. The number of benzene rings is 1. The van der Waals surface area contributed by atoms with Crippen LogP contribution in [0.1, 0.15) is 51.1 Å². The van der Waals surface area contributed by atoms with Gasteiger partial charge in [0.1, 0.15) is 0 Å². The first-order valence-corrected chi connectivity index (χ1v) is 8.77. The standard InChI is InChI=1S/C17H26N2OS/c1-13(18)15-7-9-16(10-8-15)21-14(2)17(20)19-11-5-3-4-6-12-19/h7-10,13-14H,3-6,11-12,18H2,1-2H3. The Hall–Kier alpha value is -1.00. The average Bonchev–Trinajstić information content (AvgIpc) is 2.76. The monoisotopic (exact) mass is 306 g/mol. The molecule has 1 aliphatic heterocycles. The number of amides is 1. The molecule has 0 radical (unpaired) electrons. The van der Waals surface area contributed by atoms with Gasteiger partial charge in [0.25, 0.3) is 0 Å². The summed E-state index contributed by atoms with van der Waals surface area (Å²) >= 11 is 1.64. The number of carbonyl (C=O) groups is 1. The summed E-state index contributed by atoms with van der Waals surface area (Å²) in [4.78, 5) is 15.7. The molecule has 4 heteroatoms. The molecule has 1 heterocycles. The maximum absolute atomic E-state index is 12.5. The molecule has 2 unspecified atom stereocenters. The fourth-order valence-corrected chi connectivity index (χ4v) is 3.60. The molecule has 1 fully saturated rings. The molecule has 116 valence electrons. The van der Waals surface area contributed by atoms with Crippen LogP contribution in [-0.2, 0) is 4.79 Å². The molecule has 0 saturated carbocycles. The van der Waals surface area contributed by atoms with Crippen molar-refractivity contribution in [3.63, 3.8) is 0 Å². The molecule has 0 bridgehead atoms. The number of thioether (sulfide) groups is 1. The van der Waals surface area contributed by atoms with Gasteiger partial charge in [-0.15, -0.1) is 11.8 Å². The van der Waals surface area contributed by atoms with Crippen LogP contribution in [0, 0.1) is 0 Å². The van der Waals surface area contributed by atoms with Crippen molar-refractivity contribution < 1.29 is 4.79 Å². The minimum absolute atomic E-state index is 0.0238. The summed E-state index contributed by atoms with van der Waals surface area (Å²) in [6.07, 6.45) is 4.80. The van der Waals surface area contributed by atoms with E-state index in [1.165, 1.54) is 12.8 Å². The average molecular weight is 306 g/mol. The lowest BCUT2D eigenvalue weighted by atomic mass is 10.1. The van der Waals surface area contributed by atoms with Crippen molar-refractivity contribution in [3.8, 4) is 0 Å². The fraction of sp³-hybridized carbons (Fsp3) is 0.588. The molecule has 0 spiro atoms. The molecule has 0 aliphatic carbocycles. The molecule has 0 aromatic heterocycles. The minimum Gasteiger partial charge on any atom is -0.342 e. The van der Waals surface area contributed by atoms with Gasteiger partial charge < -0.3 is 10.6 Å². The molecule has 1 amide bonds. The van der Waals surface area contributed by atoms with E-state index >= 15 is 0 Å². The smallest absolute Gasteiger partial charge is 0.235 e.